The third-order valence-electron chi connectivity index (χ3n) is 3.95. The number of hydrogen-bond acceptors (Lipinski definition) is 3. The number of nitrogens with zero attached hydrogens (tertiary/aromatic N) is 1. The van der Waals surface area contributed by atoms with Gasteiger partial charge in [0, 0.05) is 11.3 Å². The predicted molar refractivity (Wildman–Crippen MR) is 102 cm³/mol. The number of amides is 1. The highest BCUT2D eigenvalue weighted by molar-refractivity contribution is 6.04. The lowest BCUT2D eigenvalue weighted by atomic mass is 10.0. The number of halogens is 1. The van der Waals surface area contributed by atoms with E-state index in [0.29, 0.717) is 17.4 Å². The second-order valence-corrected chi connectivity index (χ2v) is 6.26. The van der Waals surface area contributed by atoms with Crippen LogP contribution in [0.25, 0.3) is 0 Å². The van der Waals surface area contributed by atoms with Crippen LogP contribution in [0, 0.1) is 5.82 Å². The van der Waals surface area contributed by atoms with Crippen molar-refractivity contribution in [1.82, 2.24) is 4.98 Å². The van der Waals surface area contributed by atoms with Crippen molar-refractivity contribution in [3.63, 3.8) is 0 Å². The van der Waals surface area contributed by atoms with Crippen LogP contribution in [0.4, 0.5) is 21.6 Å². The highest BCUT2D eigenvalue weighted by Crippen LogP contribution is 2.26. The van der Waals surface area contributed by atoms with Gasteiger partial charge < -0.3 is 10.6 Å². The molecule has 0 aliphatic carbocycles. The van der Waals surface area contributed by atoms with E-state index in [1.807, 2.05) is 18.2 Å². The zero-order valence-corrected chi connectivity index (χ0v) is 14.7. The van der Waals surface area contributed by atoms with E-state index in [9.17, 15) is 9.18 Å². The van der Waals surface area contributed by atoms with Crippen LogP contribution in [-0.4, -0.2) is 10.9 Å². The lowest BCUT2D eigenvalue weighted by Crippen LogP contribution is -2.12. The van der Waals surface area contributed by atoms with Crippen LogP contribution >= 0.6 is 0 Å². The highest BCUT2D eigenvalue weighted by Gasteiger charge is 2.09. The number of benzene rings is 2. The first-order chi connectivity index (χ1) is 12.5. The first kappa shape index (κ1) is 17.6. The van der Waals surface area contributed by atoms with E-state index in [2.05, 4.69) is 35.5 Å². The van der Waals surface area contributed by atoms with Crippen LogP contribution in [0.5, 0.6) is 0 Å². The van der Waals surface area contributed by atoms with Gasteiger partial charge in [-0.05, 0) is 47.9 Å². The van der Waals surface area contributed by atoms with E-state index in [0.717, 1.165) is 5.69 Å². The molecule has 132 valence electrons. The molecule has 3 rings (SSSR count). The van der Waals surface area contributed by atoms with E-state index in [4.69, 9.17) is 0 Å². The Morgan fingerprint density at radius 2 is 1.85 bits per heavy atom. The maximum absolute atomic E-state index is 13.2. The number of hydrogen-bond donors (Lipinski definition) is 2. The average Bonchev–Trinajstić information content (AvgIpc) is 2.63. The second kappa shape index (κ2) is 7.78. The van der Waals surface area contributed by atoms with Gasteiger partial charge >= 0.3 is 0 Å². The van der Waals surface area contributed by atoms with Gasteiger partial charge in [-0.3, -0.25) is 4.79 Å². The molecule has 0 saturated carbocycles. The summed E-state index contributed by atoms with van der Waals surface area (Å²) < 4.78 is 13.2. The normalized spacial score (nSPS) is 10.6. The zero-order chi connectivity index (χ0) is 18.5. The molecule has 4 nitrogen and oxygen atoms in total. The molecule has 0 fully saturated rings. The van der Waals surface area contributed by atoms with E-state index in [1.165, 1.54) is 23.8 Å². The molecule has 0 spiro atoms. The summed E-state index contributed by atoms with van der Waals surface area (Å²) in [6.07, 6.45) is 1.57. The molecule has 0 aliphatic rings. The van der Waals surface area contributed by atoms with Crippen LogP contribution in [-0.2, 0) is 0 Å². The van der Waals surface area contributed by atoms with Crippen molar-refractivity contribution in [2.24, 2.45) is 0 Å². The smallest absolute Gasteiger partial charge is 0.255 e. The molecule has 0 unspecified atom stereocenters. The average molecular weight is 349 g/mol. The van der Waals surface area contributed by atoms with Crippen LogP contribution in [0.1, 0.15) is 35.7 Å². The second-order valence-electron chi connectivity index (χ2n) is 6.26. The lowest BCUT2D eigenvalue weighted by Gasteiger charge is -2.14. The maximum atomic E-state index is 13.2. The SMILES string of the molecule is CC(C)c1ccccc1Nc1ccc(NC(=O)c2cccc(F)c2)cn1. The molecule has 0 aliphatic heterocycles. The van der Waals surface area contributed by atoms with Gasteiger partial charge in [-0.15, -0.1) is 0 Å². The summed E-state index contributed by atoms with van der Waals surface area (Å²) in [6.45, 7) is 4.28. The van der Waals surface area contributed by atoms with E-state index < -0.39 is 5.82 Å². The molecule has 0 radical (unpaired) electrons. The first-order valence-electron chi connectivity index (χ1n) is 8.42. The Morgan fingerprint density at radius 1 is 1.04 bits per heavy atom. The third kappa shape index (κ3) is 4.25. The van der Waals surface area contributed by atoms with Crippen LogP contribution < -0.4 is 10.6 Å². The molecular formula is C21H20FN3O. The van der Waals surface area contributed by atoms with Crippen molar-refractivity contribution in [2.75, 3.05) is 10.6 Å². The summed E-state index contributed by atoms with van der Waals surface area (Å²) in [5.41, 5.74) is 3.02. The van der Waals surface area contributed by atoms with Gasteiger partial charge in [-0.1, -0.05) is 38.1 Å². The summed E-state index contributed by atoms with van der Waals surface area (Å²) >= 11 is 0. The number of pyridine rings is 1. The van der Waals surface area contributed by atoms with Gasteiger partial charge in [-0.25, -0.2) is 9.37 Å². The lowest BCUT2D eigenvalue weighted by molar-refractivity contribution is 0.102. The van der Waals surface area contributed by atoms with Crippen molar-refractivity contribution < 1.29 is 9.18 Å². The Balaban J connectivity index is 1.70. The molecule has 0 saturated heterocycles. The van der Waals surface area contributed by atoms with Crippen LogP contribution in [0.3, 0.4) is 0 Å². The Hall–Kier alpha value is -3.21. The van der Waals surface area contributed by atoms with Gasteiger partial charge in [0.05, 0.1) is 11.9 Å². The molecular weight excluding hydrogens is 329 g/mol. The van der Waals surface area contributed by atoms with Crippen molar-refractivity contribution in [2.45, 2.75) is 19.8 Å². The summed E-state index contributed by atoms with van der Waals surface area (Å²) in [5, 5.41) is 6.01. The number of nitrogens with one attached hydrogen (secondary N) is 2. The van der Waals surface area contributed by atoms with Gasteiger partial charge in [-0.2, -0.15) is 0 Å². The Bertz CT molecular complexity index is 907. The standard InChI is InChI=1S/C21H20FN3O/c1-14(2)18-8-3-4-9-19(18)25-20-11-10-17(13-23-20)24-21(26)15-6-5-7-16(22)12-15/h3-14H,1-2H3,(H,23,25)(H,24,26). The van der Waals surface area contributed by atoms with Gasteiger partial charge in [0.15, 0.2) is 0 Å². The number of rotatable bonds is 5. The topological polar surface area (TPSA) is 54.0 Å². The monoisotopic (exact) mass is 349 g/mol. The Labute approximate surface area is 152 Å². The summed E-state index contributed by atoms with van der Waals surface area (Å²) in [7, 11) is 0. The van der Waals surface area contributed by atoms with Gasteiger partial charge in [0.25, 0.3) is 5.91 Å². The van der Waals surface area contributed by atoms with Gasteiger partial charge in [0.2, 0.25) is 0 Å². The van der Waals surface area contributed by atoms with Crippen molar-refractivity contribution >= 4 is 23.1 Å². The third-order valence-corrected chi connectivity index (χ3v) is 3.95. The maximum Gasteiger partial charge on any atom is 0.255 e. The number of aromatic nitrogens is 1. The Kier molecular flexibility index (Phi) is 5.27. The molecule has 2 aromatic carbocycles. The molecule has 1 heterocycles. The number of para-hydroxylation sites is 1. The minimum atomic E-state index is -0.445. The largest absolute Gasteiger partial charge is 0.340 e. The molecule has 2 N–H and O–H groups in total. The summed E-state index contributed by atoms with van der Waals surface area (Å²) in [6, 6.07) is 17.2. The first-order valence-corrected chi connectivity index (χ1v) is 8.42. The van der Waals surface area contributed by atoms with Crippen molar-refractivity contribution in [3.05, 3.63) is 83.8 Å². The molecule has 1 amide bonds. The summed E-state index contributed by atoms with van der Waals surface area (Å²) in [5.74, 6) is 0.252. The fraction of sp³-hybridized carbons (Fsp3) is 0.143. The molecule has 26 heavy (non-hydrogen) atoms. The van der Waals surface area contributed by atoms with Crippen molar-refractivity contribution in [3.8, 4) is 0 Å². The fourth-order valence-corrected chi connectivity index (χ4v) is 2.63. The van der Waals surface area contributed by atoms with Crippen LogP contribution in [0.2, 0.25) is 0 Å². The van der Waals surface area contributed by atoms with Crippen molar-refractivity contribution in [1.29, 1.82) is 0 Å². The van der Waals surface area contributed by atoms with E-state index in [-0.39, 0.29) is 11.5 Å². The summed E-state index contributed by atoms with van der Waals surface area (Å²) in [4.78, 5) is 16.5. The number of carbonyl (C=O) groups excluding carboxylic acids is 1. The minimum absolute atomic E-state index is 0.262. The molecule has 1 aromatic heterocycles. The van der Waals surface area contributed by atoms with Gasteiger partial charge in [0.1, 0.15) is 11.6 Å². The number of anilines is 3. The number of carbonyl (C=O) groups is 1. The molecule has 5 heteroatoms. The quantitative estimate of drug-likeness (QED) is 0.654. The highest BCUT2D eigenvalue weighted by atomic mass is 19.1. The molecule has 3 aromatic rings. The Morgan fingerprint density at radius 3 is 2.54 bits per heavy atom. The van der Waals surface area contributed by atoms with E-state index in [1.54, 1.807) is 24.4 Å². The van der Waals surface area contributed by atoms with E-state index >= 15 is 0 Å². The minimum Gasteiger partial charge on any atom is -0.340 e. The molecule has 0 bridgehead atoms. The fourth-order valence-electron chi connectivity index (χ4n) is 2.63. The molecule has 0 atom stereocenters. The zero-order valence-electron chi connectivity index (χ0n) is 14.7. The predicted octanol–water partition coefficient (Wildman–Crippen LogP) is 5.34. The van der Waals surface area contributed by atoms with Crippen LogP contribution in [0.15, 0.2) is 66.9 Å².